The van der Waals surface area contributed by atoms with Gasteiger partial charge >= 0.3 is 6.03 Å². The first-order valence-electron chi connectivity index (χ1n) is 7.96. The van der Waals surface area contributed by atoms with Crippen LogP contribution in [0, 0.1) is 0 Å². The normalized spacial score (nSPS) is 11.6. The van der Waals surface area contributed by atoms with E-state index in [1.165, 1.54) is 0 Å². The predicted molar refractivity (Wildman–Crippen MR) is 93.9 cm³/mol. The van der Waals surface area contributed by atoms with Crippen LogP contribution in [-0.4, -0.2) is 24.6 Å². The van der Waals surface area contributed by atoms with Gasteiger partial charge in [0, 0.05) is 12.2 Å². The standard InChI is InChI=1S/C19H24N2O2/c1-4-18(15-11-13-17(23-3)14-12-15)21(5-2)19(22)20-16-9-7-6-8-10-16/h6-14,18H,4-5H2,1-3H3,(H,20,22)/t18-/m0/s1. The number of methoxy groups -OCH3 is 1. The molecule has 1 N–H and O–H groups in total. The summed E-state index contributed by atoms with van der Waals surface area (Å²) >= 11 is 0. The lowest BCUT2D eigenvalue weighted by Gasteiger charge is -2.30. The van der Waals surface area contributed by atoms with Gasteiger partial charge in [-0.2, -0.15) is 0 Å². The first-order valence-corrected chi connectivity index (χ1v) is 7.96. The van der Waals surface area contributed by atoms with E-state index in [1.807, 2.05) is 66.4 Å². The van der Waals surface area contributed by atoms with E-state index >= 15 is 0 Å². The minimum absolute atomic E-state index is 0.0367. The first kappa shape index (κ1) is 16.9. The van der Waals surface area contributed by atoms with Crippen LogP contribution in [0.15, 0.2) is 54.6 Å². The molecule has 2 aromatic rings. The Bertz CT molecular complexity index is 611. The molecule has 0 saturated carbocycles. The summed E-state index contributed by atoms with van der Waals surface area (Å²) in [6, 6.07) is 17.4. The number of nitrogens with zero attached hydrogens (tertiary/aromatic N) is 1. The largest absolute Gasteiger partial charge is 0.497 e. The van der Waals surface area contributed by atoms with Gasteiger partial charge in [0.2, 0.25) is 0 Å². The number of anilines is 1. The second-order valence-corrected chi connectivity index (χ2v) is 5.28. The molecule has 1 atom stereocenters. The van der Waals surface area contributed by atoms with Crippen LogP contribution in [0.25, 0.3) is 0 Å². The van der Waals surface area contributed by atoms with E-state index in [2.05, 4.69) is 12.2 Å². The lowest BCUT2D eigenvalue weighted by molar-refractivity contribution is 0.190. The number of carbonyl (C=O) groups excluding carboxylic acids is 1. The number of benzene rings is 2. The van der Waals surface area contributed by atoms with E-state index in [0.29, 0.717) is 6.54 Å². The number of urea groups is 1. The van der Waals surface area contributed by atoms with Gasteiger partial charge in [-0.15, -0.1) is 0 Å². The van der Waals surface area contributed by atoms with Gasteiger partial charge in [0.05, 0.1) is 13.2 Å². The summed E-state index contributed by atoms with van der Waals surface area (Å²) in [6.45, 7) is 4.73. The molecule has 0 radical (unpaired) electrons. The molecule has 122 valence electrons. The summed E-state index contributed by atoms with van der Waals surface area (Å²) < 4.78 is 5.20. The van der Waals surface area contributed by atoms with Crippen molar-refractivity contribution in [2.75, 3.05) is 19.0 Å². The minimum Gasteiger partial charge on any atom is -0.497 e. The molecular formula is C19H24N2O2. The molecule has 0 aliphatic rings. The Labute approximate surface area is 138 Å². The highest BCUT2D eigenvalue weighted by Gasteiger charge is 2.22. The van der Waals surface area contributed by atoms with Gasteiger partial charge in [0.25, 0.3) is 0 Å². The molecule has 0 saturated heterocycles. The zero-order valence-electron chi connectivity index (χ0n) is 14.0. The summed E-state index contributed by atoms with van der Waals surface area (Å²) in [5.41, 5.74) is 1.92. The summed E-state index contributed by atoms with van der Waals surface area (Å²) in [5.74, 6) is 0.820. The molecule has 0 spiro atoms. The van der Waals surface area contributed by atoms with Crippen LogP contribution >= 0.6 is 0 Å². The lowest BCUT2D eigenvalue weighted by Crippen LogP contribution is -2.37. The van der Waals surface area contributed by atoms with Crippen molar-refractivity contribution in [2.24, 2.45) is 0 Å². The van der Waals surface area contributed by atoms with Crippen molar-refractivity contribution in [1.82, 2.24) is 4.90 Å². The smallest absolute Gasteiger partial charge is 0.322 e. The average molecular weight is 312 g/mol. The number of carbonyl (C=O) groups is 1. The fraction of sp³-hybridized carbons (Fsp3) is 0.316. The molecule has 0 bridgehead atoms. The van der Waals surface area contributed by atoms with Crippen molar-refractivity contribution in [3.8, 4) is 5.75 Å². The number of amides is 2. The number of ether oxygens (including phenoxy) is 1. The van der Waals surface area contributed by atoms with E-state index in [1.54, 1.807) is 7.11 Å². The second kappa shape index (κ2) is 8.22. The molecule has 0 aromatic heterocycles. The molecule has 0 fully saturated rings. The number of rotatable bonds is 6. The van der Waals surface area contributed by atoms with E-state index in [9.17, 15) is 4.79 Å². The fourth-order valence-electron chi connectivity index (χ4n) is 2.68. The minimum atomic E-state index is -0.0821. The van der Waals surface area contributed by atoms with E-state index in [-0.39, 0.29) is 12.1 Å². The Morgan fingerprint density at radius 3 is 2.26 bits per heavy atom. The van der Waals surface area contributed by atoms with Gasteiger partial charge in [-0.05, 0) is 43.2 Å². The molecule has 2 rings (SSSR count). The lowest BCUT2D eigenvalue weighted by atomic mass is 10.0. The van der Waals surface area contributed by atoms with E-state index < -0.39 is 0 Å². The number of nitrogens with one attached hydrogen (secondary N) is 1. The fourth-order valence-corrected chi connectivity index (χ4v) is 2.68. The van der Waals surface area contributed by atoms with Gasteiger partial charge in [-0.3, -0.25) is 0 Å². The molecule has 0 aliphatic heterocycles. The number of hydrogen-bond acceptors (Lipinski definition) is 2. The molecule has 0 aliphatic carbocycles. The average Bonchev–Trinajstić information content (AvgIpc) is 2.60. The van der Waals surface area contributed by atoms with Crippen LogP contribution in [-0.2, 0) is 0 Å². The Morgan fingerprint density at radius 2 is 1.74 bits per heavy atom. The predicted octanol–water partition coefficient (Wildman–Crippen LogP) is 4.70. The van der Waals surface area contributed by atoms with Gasteiger partial charge in [0.1, 0.15) is 5.75 Å². The highest BCUT2D eigenvalue weighted by molar-refractivity contribution is 5.89. The van der Waals surface area contributed by atoms with Crippen molar-refractivity contribution in [3.63, 3.8) is 0 Å². The van der Waals surface area contributed by atoms with Crippen LogP contribution in [0.3, 0.4) is 0 Å². The molecule has 2 amide bonds. The molecule has 2 aromatic carbocycles. The third-order valence-electron chi connectivity index (χ3n) is 3.89. The molecule has 4 nitrogen and oxygen atoms in total. The molecule has 0 heterocycles. The Kier molecular flexibility index (Phi) is 6.03. The highest BCUT2D eigenvalue weighted by atomic mass is 16.5. The number of para-hydroxylation sites is 1. The SMILES string of the molecule is CC[C@@H](c1ccc(OC)cc1)N(CC)C(=O)Nc1ccccc1. The van der Waals surface area contributed by atoms with Crippen molar-refractivity contribution in [1.29, 1.82) is 0 Å². The monoisotopic (exact) mass is 312 g/mol. The molecular weight excluding hydrogens is 288 g/mol. The second-order valence-electron chi connectivity index (χ2n) is 5.28. The van der Waals surface area contributed by atoms with E-state index in [0.717, 1.165) is 23.4 Å². The van der Waals surface area contributed by atoms with Crippen LogP contribution in [0.4, 0.5) is 10.5 Å². The summed E-state index contributed by atoms with van der Waals surface area (Å²) in [4.78, 5) is 14.5. The van der Waals surface area contributed by atoms with Gasteiger partial charge < -0.3 is 15.0 Å². The molecule has 4 heteroatoms. The molecule has 0 unspecified atom stereocenters. The Hall–Kier alpha value is -2.49. The van der Waals surface area contributed by atoms with Crippen LogP contribution in [0.1, 0.15) is 31.9 Å². The van der Waals surface area contributed by atoms with Gasteiger partial charge in [-0.25, -0.2) is 4.79 Å². The maximum absolute atomic E-state index is 12.6. The van der Waals surface area contributed by atoms with Crippen molar-refractivity contribution < 1.29 is 9.53 Å². The summed E-state index contributed by atoms with van der Waals surface area (Å²) in [5, 5.41) is 2.96. The molecule has 23 heavy (non-hydrogen) atoms. The Balaban J connectivity index is 2.16. The zero-order valence-corrected chi connectivity index (χ0v) is 14.0. The first-order chi connectivity index (χ1) is 11.2. The highest BCUT2D eigenvalue weighted by Crippen LogP contribution is 2.26. The number of hydrogen-bond donors (Lipinski definition) is 1. The zero-order chi connectivity index (χ0) is 16.7. The van der Waals surface area contributed by atoms with E-state index in [4.69, 9.17) is 4.74 Å². The third kappa shape index (κ3) is 4.25. The maximum Gasteiger partial charge on any atom is 0.322 e. The van der Waals surface area contributed by atoms with Gasteiger partial charge in [0.15, 0.2) is 0 Å². The topological polar surface area (TPSA) is 41.6 Å². The van der Waals surface area contributed by atoms with Crippen molar-refractivity contribution in [2.45, 2.75) is 26.3 Å². The van der Waals surface area contributed by atoms with Crippen molar-refractivity contribution in [3.05, 3.63) is 60.2 Å². The van der Waals surface area contributed by atoms with Crippen LogP contribution in [0.5, 0.6) is 5.75 Å². The van der Waals surface area contributed by atoms with Crippen molar-refractivity contribution >= 4 is 11.7 Å². The maximum atomic E-state index is 12.6. The summed E-state index contributed by atoms with van der Waals surface area (Å²) in [6.07, 6.45) is 0.850. The van der Waals surface area contributed by atoms with Gasteiger partial charge in [-0.1, -0.05) is 37.3 Å². The summed E-state index contributed by atoms with van der Waals surface area (Å²) in [7, 11) is 1.65. The van der Waals surface area contributed by atoms with Crippen LogP contribution in [0.2, 0.25) is 0 Å². The Morgan fingerprint density at radius 1 is 1.09 bits per heavy atom. The van der Waals surface area contributed by atoms with Crippen LogP contribution < -0.4 is 10.1 Å². The quantitative estimate of drug-likeness (QED) is 0.840. The third-order valence-corrected chi connectivity index (χ3v) is 3.89.